The van der Waals surface area contributed by atoms with Crippen molar-refractivity contribution in [2.75, 3.05) is 22.5 Å². The minimum atomic E-state index is -0.0485. The van der Waals surface area contributed by atoms with Gasteiger partial charge in [-0.25, -0.2) is 9.97 Å². The average Bonchev–Trinajstić information content (AvgIpc) is 2.42. The molecule has 7 heteroatoms. The fraction of sp³-hybridized carbons (Fsp3) is 0.267. The summed E-state index contributed by atoms with van der Waals surface area (Å²) in [5.41, 5.74) is 14.3. The third-order valence-corrected chi connectivity index (χ3v) is 3.95. The van der Waals surface area contributed by atoms with E-state index >= 15 is 0 Å². The van der Waals surface area contributed by atoms with Crippen molar-refractivity contribution in [1.29, 1.82) is 0 Å². The molecule has 116 valence electrons. The Balaban J connectivity index is 1.83. The van der Waals surface area contributed by atoms with E-state index in [9.17, 15) is 4.79 Å². The van der Waals surface area contributed by atoms with Crippen molar-refractivity contribution in [2.24, 2.45) is 0 Å². The molecule has 0 aliphatic heterocycles. The van der Waals surface area contributed by atoms with E-state index < -0.39 is 0 Å². The van der Waals surface area contributed by atoms with Crippen LogP contribution in [0.5, 0.6) is 0 Å². The first kappa shape index (κ1) is 16.1. The van der Waals surface area contributed by atoms with Crippen LogP contribution in [0.4, 0.5) is 17.3 Å². The van der Waals surface area contributed by atoms with Crippen LogP contribution in [0.25, 0.3) is 0 Å². The third-order valence-electron chi connectivity index (χ3n) is 3.10. The number of nitrogen functional groups attached to an aromatic ring is 2. The highest BCUT2D eigenvalue weighted by molar-refractivity contribution is 7.99. The molecule has 6 nitrogen and oxygen atoms in total. The van der Waals surface area contributed by atoms with Gasteiger partial charge in [-0.2, -0.15) is 0 Å². The smallest absolute Gasteiger partial charge is 0.225 e. The first-order valence-electron chi connectivity index (χ1n) is 6.84. The number of nitrogens with two attached hydrogens (primary N) is 2. The van der Waals surface area contributed by atoms with Crippen LogP contribution in [0.2, 0.25) is 0 Å². The molecule has 0 radical (unpaired) electrons. The summed E-state index contributed by atoms with van der Waals surface area (Å²) in [6.07, 6.45) is 0.357. The summed E-state index contributed by atoms with van der Waals surface area (Å²) < 4.78 is 0. The van der Waals surface area contributed by atoms with Crippen LogP contribution in [-0.2, 0) is 4.79 Å². The lowest BCUT2D eigenvalue weighted by Gasteiger charge is -2.07. The van der Waals surface area contributed by atoms with Gasteiger partial charge in [-0.05, 0) is 37.1 Å². The standard InChI is InChI=1S/C15H19N5OS/c1-9-3-4-11(7-10(9)2)18-14(21)5-6-22-15-19-12(16)8-13(17)20-15/h3-4,7-8H,5-6H2,1-2H3,(H,18,21)(H4,16,17,19,20). The molecule has 0 bridgehead atoms. The molecular formula is C15H19N5OS. The third kappa shape index (κ3) is 4.63. The number of aromatic nitrogens is 2. The number of nitrogens with one attached hydrogen (secondary N) is 1. The maximum atomic E-state index is 11.9. The van der Waals surface area contributed by atoms with E-state index in [1.165, 1.54) is 23.4 Å². The maximum absolute atomic E-state index is 11.9. The second-order valence-corrected chi connectivity index (χ2v) is 6.01. The number of hydrogen-bond donors (Lipinski definition) is 3. The van der Waals surface area contributed by atoms with Crippen LogP contribution in [0.15, 0.2) is 29.4 Å². The molecule has 0 unspecified atom stereocenters. The monoisotopic (exact) mass is 317 g/mol. The van der Waals surface area contributed by atoms with Crippen molar-refractivity contribution < 1.29 is 4.79 Å². The summed E-state index contributed by atoms with van der Waals surface area (Å²) in [4.78, 5) is 20.0. The zero-order valence-corrected chi connectivity index (χ0v) is 13.4. The quantitative estimate of drug-likeness (QED) is 0.577. The molecule has 1 aromatic heterocycles. The van der Waals surface area contributed by atoms with Gasteiger partial charge in [0.15, 0.2) is 5.16 Å². The minimum absolute atomic E-state index is 0.0485. The van der Waals surface area contributed by atoms with Crippen LogP contribution >= 0.6 is 11.8 Å². The van der Waals surface area contributed by atoms with Gasteiger partial charge in [-0.1, -0.05) is 17.8 Å². The van der Waals surface area contributed by atoms with Crippen LogP contribution < -0.4 is 16.8 Å². The molecule has 1 amide bonds. The highest BCUT2D eigenvalue weighted by Gasteiger charge is 2.06. The molecule has 2 aromatic rings. The Labute approximate surface area is 133 Å². The van der Waals surface area contributed by atoms with Gasteiger partial charge in [0.1, 0.15) is 11.6 Å². The van der Waals surface area contributed by atoms with Gasteiger partial charge in [0.05, 0.1) is 0 Å². The van der Waals surface area contributed by atoms with Crippen LogP contribution in [0, 0.1) is 13.8 Å². The highest BCUT2D eigenvalue weighted by atomic mass is 32.2. The van der Waals surface area contributed by atoms with E-state index in [-0.39, 0.29) is 5.91 Å². The second kappa shape index (κ2) is 7.13. The van der Waals surface area contributed by atoms with Gasteiger partial charge in [0, 0.05) is 23.9 Å². The number of benzene rings is 1. The molecule has 0 aliphatic carbocycles. The first-order chi connectivity index (χ1) is 10.4. The zero-order chi connectivity index (χ0) is 16.1. The summed E-state index contributed by atoms with van der Waals surface area (Å²) >= 11 is 1.35. The van der Waals surface area contributed by atoms with E-state index in [0.29, 0.717) is 29.0 Å². The summed E-state index contributed by atoms with van der Waals surface area (Å²) in [5.74, 6) is 1.16. The van der Waals surface area contributed by atoms with Crippen molar-refractivity contribution in [3.63, 3.8) is 0 Å². The molecule has 2 rings (SSSR count). The number of anilines is 3. The molecule has 1 aromatic carbocycles. The van der Waals surface area contributed by atoms with Crippen molar-refractivity contribution in [2.45, 2.75) is 25.4 Å². The Morgan fingerprint density at radius 2 is 1.82 bits per heavy atom. The molecule has 1 heterocycles. The van der Waals surface area contributed by atoms with E-state index in [2.05, 4.69) is 15.3 Å². The predicted octanol–water partition coefficient (Wildman–Crippen LogP) is 2.38. The predicted molar refractivity (Wildman–Crippen MR) is 90.7 cm³/mol. The van der Waals surface area contributed by atoms with Gasteiger partial charge < -0.3 is 16.8 Å². The Morgan fingerprint density at radius 3 is 2.45 bits per heavy atom. The van der Waals surface area contributed by atoms with Gasteiger partial charge in [0.2, 0.25) is 5.91 Å². The summed E-state index contributed by atoms with van der Waals surface area (Å²) in [7, 11) is 0. The van der Waals surface area contributed by atoms with Crippen molar-refractivity contribution >= 4 is 35.0 Å². The first-order valence-corrected chi connectivity index (χ1v) is 7.82. The van der Waals surface area contributed by atoms with Gasteiger partial charge in [0.25, 0.3) is 0 Å². The fourth-order valence-corrected chi connectivity index (χ4v) is 2.61. The number of aryl methyl sites for hydroxylation is 2. The van der Waals surface area contributed by atoms with Crippen LogP contribution in [0.1, 0.15) is 17.5 Å². The fourth-order valence-electron chi connectivity index (χ4n) is 1.80. The minimum Gasteiger partial charge on any atom is -0.383 e. The molecule has 0 fully saturated rings. The van der Waals surface area contributed by atoms with Gasteiger partial charge in [-0.3, -0.25) is 4.79 Å². The highest BCUT2D eigenvalue weighted by Crippen LogP contribution is 2.18. The van der Waals surface area contributed by atoms with E-state index in [1.54, 1.807) is 0 Å². The van der Waals surface area contributed by atoms with Crippen LogP contribution in [0.3, 0.4) is 0 Å². The average molecular weight is 317 g/mol. The molecule has 0 spiro atoms. The molecule has 0 saturated heterocycles. The lowest BCUT2D eigenvalue weighted by atomic mass is 10.1. The molecule has 22 heavy (non-hydrogen) atoms. The number of rotatable bonds is 5. The molecule has 0 aliphatic rings. The van der Waals surface area contributed by atoms with E-state index in [0.717, 1.165) is 11.3 Å². The Bertz CT molecular complexity index is 669. The molecule has 0 atom stereocenters. The Hall–Kier alpha value is -2.28. The number of thioether (sulfide) groups is 1. The SMILES string of the molecule is Cc1ccc(NC(=O)CCSc2nc(N)cc(N)n2)cc1C. The molecular weight excluding hydrogens is 298 g/mol. The zero-order valence-electron chi connectivity index (χ0n) is 12.6. The normalized spacial score (nSPS) is 10.5. The lowest BCUT2D eigenvalue weighted by molar-refractivity contribution is -0.115. The van der Waals surface area contributed by atoms with Gasteiger partial charge >= 0.3 is 0 Å². The van der Waals surface area contributed by atoms with Crippen LogP contribution in [-0.4, -0.2) is 21.6 Å². The van der Waals surface area contributed by atoms with Crippen molar-refractivity contribution in [1.82, 2.24) is 9.97 Å². The molecule has 5 N–H and O–H groups in total. The lowest BCUT2D eigenvalue weighted by Crippen LogP contribution is -2.12. The van der Waals surface area contributed by atoms with Gasteiger partial charge in [-0.15, -0.1) is 0 Å². The maximum Gasteiger partial charge on any atom is 0.225 e. The number of hydrogen-bond acceptors (Lipinski definition) is 6. The topological polar surface area (TPSA) is 107 Å². The van der Waals surface area contributed by atoms with E-state index in [4.69, 9.17) is 11.5 Å². The number of carbonyl (C=O) groups is 1. The van der Waals surface area contributed by atoms with Crippen molar-refractivity contribution in [3.8, 4) is 0 Å². The number of amides is 1. The van der Waals surface area contributed by atoms with E-state index in [1.807, 2.05) is 32.0 Å². The summed E-state index contributed by atoms with van der Waals surface area (Å²) in [5, 5.41) is 3.36. The summed E-state index contributed by atoms with van der Waals surface area (Å²) in [6, 6.07) is 7.34. The largest absolute Gasteiger partial charge is 0.383 e. The Kier molecular flexibility index (Phi) is 5.21. The number of nitrogens with zero attached hydrogens (tertiary/aromatic N) is 2. The van der Waals surface area contributed by atoms with Crippen molar-refractivity contribution in [3.05, 3.63) is 35.4 Å². The number of carbonyl (C=O) groups excluding carboxylic acids is 1. The second-order valence-electron chi connectivity index (χ2n) is 4.95. The summed E-state index contributed by atoms with van der Waals surface area (Å²) in [6.45, 7) is 4.05. The molecule has 0 saturated carbocycles. The Morgan fingerprint density at radius 1 is 1.14 bits per heavy atom.